The summed E-state index contributed by atoms with van der Waals surface area (Å²) >= 11 is 5.64. The lowest BCUT2D eigenvalue weighted by Gasteiger charge is -2.05. The van der Waals surface area contributed by atoms with E-state index >= 15 is 0 Å². The molecule has 2 aliphatic rings. The van der Waals surface area contributed by atoms with Gasteiger partial charge in [-0.15, -0.1) is 0 Å². The van der Waals surface area contributed by atoms with E-state index in [4.69, 9.17) is 11.6 Å². The molecular weight excluding hydrogens is 201 g/mol. The predicted molar refractivity (Wildman–Crippen MR) is 54.0 cm³/mol. The molecule has 2 unspecified atom stereocenters. The van der Waals surface area contributed by atoms with Crippen LogP contribution in [0.1, 0.15) is 11.5 Å². The quantitative estimate of drug-likeness (QED) is 0.752. The van der Waals surface area contributed by atoms with Crippen molar-refractivity contribution in [3.8, 4) is 0 Å². The van der Waals surface area contributed by atoms with Gasteiger partial charge in [0.05, 0.1) is 5.02 Å². The Hall–Kier alpha value is -0.600. The molecule has 3 heteroatoms. The first-order valence-electron chi connectivity index (χ1n) is 4.93. The van der Waals surface area contributed by atoms with Gasteiger partial charge >= 0.3 is 0 Å². The Balaban J connectivity index is 1.88. The first-order chi connectivity index (χ1) is 6.77. The summed E-state index contributed by atoms with van der Waals surface area (Å²) < 4.78 is 13.2. The lowest BCUT2D eigenvalue weighted by molar-refractivity contribution is 0.621. The molecule has 1 aromatic rings. The van der Waals surface area contributed by atoms with E-state index in [0.717, 1.165) is 30.5 Å². The highest BCUT2D eigenvalue weighted by Gasteiger charge is 2.53. The van der Waals surface area contributed by atoms with Gasteiger partial charge in [0.15, 0.2) is 0 Å². The number of halogens is 2. The van der Waals surface area contributed by atoms with E-state index in [1.165, 1.54) is 0 Å². The fourth-order valence-electron chi connectivity index (χ4n) is 2.63. The SMILES string of the molecule is Fc1cc(C2C3CNCC32)ccc1Cl. The molecule has 1 nitrogen and oxygen atoms in total. The molecule has 0 radical (unpaired) electrons. The topological polar surface area (TPSA) is 12.0 Å². The van der Waals surface area contributed by atoms with Gasteiger partial charge in [-0.25, -0.2) is 4.39 Å². The maximum atomic E-state index is 13.2. The molecule has 1 saturated heterocycles. The molecule has 0 bridgehead atoms. The van der Waals surface area contributed by atoms with E-state index in [9.17, 15) is 4.39 Å². The van der Waals surface area contributed by atoms with E-state index in [-0.39, 0.29) is 10.8 Å². The van der Waals surface area contributed by atoms with Crippen molar-refractivity contribution in [1.29, 1.82) is 0 Å². The van der Waals surface area contributed by atoms with Crippen LogP contribution in [0.15, 0.2) is 18.2 Å². The van der Waals surface area contributed by atoms with Gasteiger partial charge in [-0.3, -0.25) is 0 Å². The second kappa shape index (κ2) is 2.94. The van der Waals surface area contributed by atoms with Crippen LogP contribution < -0.4 is 5.32 Å². The Morgan fingerprint density at radius 2 is 2.00 bits per heavy atom. The van der Waals surface area contributed by atoms with Crippen molar-refractivity contribution in [2.75, 3.05) is 13.1 Å². The summed E-state index contributed by atoms with van der Waals surface area (Å²) in [6, 6.07) is 5.20. The summed E-state index contributed by atoms with van der Waals surface area (Å²) in [7, 11) is 0. The first-order valence-corrected chi connectivity index (χ1v) is 5.31. The third-order valence-electron chi connectivity index (χ3n) is 3.42. The van der Waals surface area contributed by atoms with Crippen LogP contribution in [-0.4, -0.2) is 13.1 Å². The van der Waals surface area contributed by atoms with Crippen molar-refractivity contribution in [2.45, 2.75) is 5.92 Å². The maximum Gasteiger partial charge on any atom is 0.142 e. The standard InChI is InChI=1S/C11H11ClFN/c12-9-2-1-6(3-10(9)13)11-7-4-14-5-8(7)11/h1-3,7-8,11,14H,4-5H2. The van der Waals surface area contributed by atoms with Crippen molar-refractivity contribution in [1.82, 2.24) is 5.32 Å². The van der Waals surface area contributed by atoms with Gasteiger partial charge < -0.3 is 5.32 Å². The Bertz CT molecular complexity index is 370. The van der Waals surface area contributed by atoms with Crippen LogP contribution in [0.4, 0.5) is 4.39 Å². The van der Waals surface area contributed by atoms with E-state index in [0.29, 0.717) is 5.92 Å². The number of hydrogen-bond donors (Lipinski definition) is 1. The summed E-state index contributed by atoms with van der Waals surface area (Å²) in [5.74, 6) is 1.75. The minimum absolute atomic E-state index is 0.220. The molecule has 1 aliphatic heterocycles. The maximum absolute atomic E-state index is 13.2. The highest BCUT2D eigenvalue weighted by atomic mass is 35.5. The number of benzene rings is 1. The molecule has 1 aromatic carbocycles. The molecule has 14 heavy (non-hydrogen) atoms. The first kappa shape index (κ1) is 8.69. The van der Waals surface area contributed by atoms with Crippen molar-refractivity contribution in [2.24, 2.45) is 11.8 Å². The van der Waals surface area contributed by atoms with E-state index in [1.807, 2.05) is 6.07 Å². The minimum Gasteiger partial charge on any atom is -0.316 e. The van der Waals surface area contributed by atoms with Crippen molar-refractivity contribution >= 4 is 11.6 Å². The zero-order chi connectivity index (χ0) is 9.71. The largest absolute Gasteiger partial charge is 0.316 e. The number of hydrogen-bond acceptors (Lipinski definition) is 1. The fourth-order valence-corrected chi connectivity index (χ4v) is 2.75. The minimum atomic E-state index is -0.290. The van der Waals surface area contributed by atoms with Gasteiger partial charge in [0.2, 0.25) is 0 Å². The summed E-state index contributed by atoms with van der Waals surface area (Å²) in [5, 5.41) is 3.55. The second-order valence-corrected chi connectivity index (χ2v) is 4.59. The lowest BCUT2D eigenvalue weighted by Crippen LogP contribution is -2.14. The lowest BCUT2D eigenvalue weighted by atomic mass is 10.1. The summed E-state index contributed by atoms with van der Waals surface area (Å²) in [4.78, 5) is 0. The number of nitrogens with one attached hydrogen (secondary N) is 1. The van der Waals surface area contributed by atoms with Crippen LogP contribution in [0.2, 0.25) is 5.02 Å². The molecule has 0 aromatic heterocycles. The molecule has 1 saturated carbocycles. The molecule has 2 atom stereocenters. The average Bonchev–Trinajstić information content (AvgIpc) is 2.66. The zero-order valence-corrected chi connectivity index (χ0v) is 8.39. The molecular formula is C11H11ClFN. The van der Waals surface area contributed by atoms with Gasteiger partial charge in [0.1, 0.15) is 5.82 Å². The van der Waals surface area contributed by atoms with Crippen LogP contribution in [0.5, 0.6) is 0 Å². The third-order valence-corrected chi connectivity index (χ3v) is 3.73. The number of rotatable bonds is 1. The van der Waals surface area contributed by atoms with Gasteiger partial charge in [-0.05, 0) is 48.5 Å². The monoisotopic (exact) mass is 211 g/mol. The van der Waals surface area contributed by atoms with Gasteiger partial charge in [-0.2, -0.15) is 0 Å². The van der Waals surface area contributed by atoms with Crippen LogP contribution in [0.3, 0.4) is 0 Å². The zero-order valence-electron chi connectivity index (χ0n) is 7.63. The normalized spacial score (nSPS) is 34.3. The highest BCUT2D eigenvalue weighted by Crippen LogP contribution is 2.55. The average molecular weight is 212 g/mol. The molecule has 0 spiro atoms. The predicted octanol–water partition coefficient (Wildman–Crippen LogP) is 2.41. The molecule has 1 aliphatic carbocycles. The van der Waals surface area contributed by atoms with Gasteiger partial charge in [-0.1, -0.05) is 17.7 Å². The van der Waals surface area contributed by atoms with Crippen LogP contribution in [0, 0.1) is 17.7 Å². The molecule has 0 amide bonds. The Labute approximate surface area is 87.3 Å². The smallest absolute Gasteiger partial charge is 0.142 e. The summed E-state index contributed by atoms with van der Waals surface area (Å²) in [5.41, 5.74) is 1.11. The fraction of sp³-hybridized carbons (Fsp3) is 0.455. The van der Waals surface area contributed by atoms with Crippen LogP contribution in [0.25, 0.3) is 0 Å². The Kier molecular flexibility index (Phi) is 1.83. The van der Waals surface area contributed by atoms with Crippen molar-refractivity contribution in [3.63, 3.8) is 0 Å². The highest BCUT2D eigenvalue weighted by molar-refractivity contribution is 6.30. The van der Waals surface area contributed by atoms with E-state index in [2.05, 4.69) is 5.32 Å². The van der Waals surface area contributed by atoms with Crippen LogP contribution >= 0.6 is 11.6 Å². The Morgan fingerprint density at radius 1 is 1.29 bits per heavy atom. The molecule has 1 heterocycles. The van der Waals surface area contributed by atoms with Crippen molar-refractivity contribution < 1.29 is 4.39 Å². The molecule has 1 N–H and O–H groups in total. The molecule has 3 rings (SSSR count). The molecule has 74 valence electrons. The van der Waals surface area contributed by atoms with Gasteiger partial charge in [0.25, 0.3) is 0 Å². The van der Waals surface area contributed by atoms with E-state index in [1.54, 1.807) is 12.1 Å². The van der Waals surface area contributed by atoms with Gasteiger partial charge in [0, 0.05) is 0 Å². The second-order valence-electron chi connectivity index (χ2n) is 4.19. The molecule has 2 fully saturated rings. The number of piperidine rings is 1. The van der Waals surface area contributed by atoms with Crippen molar-refractivity contribution in [3.05, 3.63) is 34.6 Å². The Morgan fingerprint density at radius 3 is 2.64 bits per heavy atom. The van der Waals surface area contributed by atoms with Crippen LogP contribution in [-0.2, 0) is 0 Å². The number of fused-ring (bicyclic) bond motifs is 1. The third kappa shape index (κ3) is 1.17. The summed E-state index contributed by atoms with van der Waals surface area (Å²) in [6.45, 7) is 2.17. The van der Waals surface area contributed by atoms with E-state index < -0.39 is 0 Å². The summed E-state index contributed by atoms with van der Waals surface area (Å²) in [6.07, 6.45) is 0.